The van der Waals surface area contributed by atoms with Crippen LogP contribution in [0.2, 0.25) is 0 Å². The molecule has 1 aromatic rings. The molecule has 0 saturated carbocycles. The highest BCUT2D eigenvalue weighted by atomic mass is 16.5. The van der Waals surface area contributed by atoms with Gasteiger partial charge in [-0.2, -0.15) is 0 Å². The molecule has 2 atom stereocenters. The van der Waals surface area contributed by atoms with Crippen molar-refractivity contribution in [3.05, 3.63) is 29.8 Å². The number of likely N-dealkylation sites (N-methyl/N-ethyl adjacent to an activating group) is 1. The summed E-state index contributed by atoms with van der Waals surface area (Å²) >= 11 is 0. The molecule has 0 spiro atoms. The van der Waals surface area contributed by atoms with Crippen LogP contribution in [0.4, 0.5) is 0 Å². The van der Waals surface area contributed by atoms with Crippen LogP contribution in [0, 0.1) is 0 Å². The summed E-state index contributed by atoms with van der Waals surface area (Å²) in [5, 5.41) is 11.1. The molecule has 0 radical (unpaired) electrons. The molecule has 0 bridgehead atoms. The van der Waals surface area contributed by atoms with Crippen LogP contribution in [0.15, 0.2) is 24.3 Å². The molecular formula is C18H28N2O3. The van der Waals surface area contributed by atoms with Gasteiger partial charge in [0.2, 0.25) is 5.91 Å². The van der Waals surface area contributed by atoms with E-state index >= 15 is 0 Å². The van der Waals surface area contributed by atoms with Crippen molar-refractivity contribution in [2.24, 2.45) is 0 Å². The lowest BCUT2D eigenvalue weighted by Gasteiger charge is -2.37. The number of likely N-dealkylation sites (tertiary alicyclic amines) is 1. The van der Waals surface area contributed by atoms with Crippen LogP contribution in [0.25, 0.3) is 0 Å². The maximum Gasteiger partial charge on any atom is 0.236 e. The van der Waals surface area contributed by atoms with Crippen LogP contribution >= 0.6 is 0 Å². The Hall–Kier alpha value is -1.59. The van der Waals surface area contributed by atoms with Crippen molar-refractivity contribution in [2.45, 2.75) is 38.3 Å². The van der Waals surface area contributed by atoms with Crippen molar-refractivity contribution in [3.8, 4) is 5.75 Å². The molecule has 5 heteroatoms. The highest BCUT2D eigenvalue weighted by Crippen LogP contribution is 2.35. The third-order valence-corrected chi connectivity index (χ3v) is 4.93. The lowest BCUT2D eigenvalue weighted by Crippen LogP contribution is -2.49. The number of benzene rings is 1. The van der Waals surface area contributed by atoms with Crippen LogP contribution in [0.1, 0.15) is 32.3 Å². The zero-order valence-corrected chi connectivity index (χ0v) is 14.6. The number of amides is 1. The number of rotatable bonds is 6. The summed E-state index contributed by atoms with van der Waals surface area (Å²) < 4.78 is 5.18. The van der Waals surface area contributed by atoms with Crippen molar-refractivity contribution in [3.63, 3.8) is 0 Å². The number of aliphatic hydroxyl groups is 1. The molecule has 1 saturated heterocycles. The largest absolute Gasteiger partial charge is 0.497 e. The molecule has 1 aromatic carbocycles. The quantitative estimate of drug-likeness (QED) is 0.869. The molecule has 128 valence electrons. The summed E-state index contributed by atoms with van der Waals surface area (Å²) in [5.41, 5.74) is -0.139. The SMILES string of the molecule is CCN(C)C(=O)CN1CCCC1C(C)(O)c1ccc(OC)cc1. The van der Waals surface area contributed by atoms with Crippen molar-refractivity contribution in [1.29, 1.82) is 0 Å². The fourth-order valence-electron chi connectivity index (χ4n) is 3.24. The standard InChI is InChI=1S/C18H28N2O3/c1-5-19(3)17(21)13-20-12-6-7-16(20)18(2,22)14-8-10-15(23-4)11-9-14/h8-11,16,22H,5-7,12-13H2,1-4H3. The Balaban J connectivity index is 2.14. The number of hydrogen-bond acceptors (Lipinski definition) is 4. The Morgan fingerprint density at radius 3 is 2.65 bits per heavy atom. The lowest BCUT2D eigenvalue weighted by molar-refractivity contribution is -0.132. The van der Waals surface area contributed by atoms with Crippen LogP contribution in [-0.4, -0.2) is 60.6 Å². The van der Waals surface area contributed by atoms with Crippen molar-refractivity contribution < 1.29 is 14.6 Å². The predicted molar refractivity (Wildman–Crippen MR) is 90.5 cm³/mol. The van der Waals surface area contributed by atoms with E-state index in [1.165, 1.54) is 0 Å². The number of carbonyl (C=O) groups is 1. The number of ether oxygens (including phenoxy) is 1. The molecule has 2 unspecified atom stereocenters. The van der Waals surface area contributed by atoms with Gasteiger partial charge in [-0.3, -0.25) is 9.69 Å². The molecule has 5 nitrogen and oxygen atoms in total. The van der Waals surface area contributed by atoms with Crippen LogP contribution in [0.3, 0.4) is 0 Å². The van der Waals surface area contributed by atoms with Crippen LogP contribution < -0.4 is 4.74 Å². The molecular weight excluding hydrogens is 292 g/mol. The summed E-state index contributed by atoms with van der Waals surface area (Å²) in [7, 11) is 3.44. The maximum atomic E-state index is 12.2. The zero-order valence-electron chi connectivity index (χ0n) is 14.6. The highest BCUT2D eigenvalue weighted by Gasteiger charge is 2.41. The van der Waals surface area contributed by atoms with Crippen LogP contribution in [0.5, 0.6) is 5.75 Å². The number of methoxy groups -OCH3 is 1. The molecule has 1 heterocycles. The van der Waals surface area contributed by atoms with Gasteiger partial charge in [0.25, 0.3) is 0 Å². The first-order valence-electron chi connectivity index (χ1n) is 8.25. The Kier molecular flexibility index (Phi) is 5.65. The minimum Gasteiger partial charge on any atom is -0.497 e. The molecule has 1 amide bonds. The average Bonchev–Trinajstić information content (AvgIpc) is 3.03. The minimum atomic E-state index is -0.992. The second-order valence-corrected chi connectivity index (χ2v) is 6.41. The van der Waals surface area contributed by atoms with Gasteiger partial charge in [-0.25, -0.2) is 0 Å². The van der Waals surface area contributed by atoms with Crippen LogP contribution in [-0.2, 0) is 10.4 Å². The number of carbonyl (C=O) groups excluding carboxylic acids is 1. The molecule has 1 aliphatic rings. The Morgan fingerprint density at radius 1 is 1.43 bits per heavy atom. The fourth-order valence-corrected chi connectivity index (χ4v) is 3.24. The maximum absolute atomic E-state index is 12.2. The Morgan fingerprint density at radius 2 is 2.09 bits per heavy atom. The van der Waals surface area contributed by atoms with E-state index in [9.17, 15) is 9.90 Å². The fraction of sp³-hybridized carbons (Fsp3) is 0.611. The molecule has 1 N–H and O–H groups in total. The van der Waals surface area contributed by atoms with E-state index in [1.54, 1.807) is 12.0 Å². The van der Waals surface area contributed by atoms with E-state index in [-0.39, 0.29) is 11.9 Å². The van der Waals surface area contributed by atoms with Crippen molar-refractivity contribution in [1.82, 2.24) is 9.80 Å². The van der Waals surface area contributed by atoms with Gasteiger partial charge < -0.3 is 14.7 Å². The summed E-state index contributed by atoms with van der Waals surface area (Å²) in [6, 6.07) is 7.47. The molecule has 0 aromatic heterocycles. The highest BCUT2D eigenvalue weighted by molar-refractivity contribution is 5.78. The van der Waals surface area contributed by atoms with Gasteiger partial charge in [-0.05, 0) is 50.9 Å². The van der Waals surface area contributed by atoms with Gasteiger partial charge in [-0.1, -0.05) is 12.1 Å². The molecule has 1 fully saturated rings. The molecule has 0 aliphatic carbocycles. The van der Waals surface area contributed by atoms with E-state index in [2.05, 4.69) is 4.90 Å². The first-order valence-corrected chi connectivity index (χ1v) is 8.25. The minimum absolute atomic E-state index is 0.0508. The van der Waals surface area contributed by atoms with E-state index < -0.39 is 5.60 Å². The summed E-state index contributed by atoms with van der Waals surface area (Å²) in [5.74, 6) is 0.873. The lowest BCUT2D eigenvalue weighted by atomic mass is 9.86. The second-order valence-electron chi connectivity index (χ2n) is 6.41. The van der Waals surface area contributed by atoms with Gasteiger partial charge in [0.15, 0.2) is 0 Å². The monoisotopic (exact) mass is 320 g/mol. The summed E-state index contributed by atoms with van der Waals surface area (Å²) in [4.78, 5) is 16.0. The topological polar surface area (TPSA) is 53.0 Å². The normalized spacial score (nSPS) is 21.0. The van der Waals surface area contributed by atoms with E-state index in [0.29, 0.717) is 13.1 Å². The molecule has 1 aliphatic heterocycles. The Labute approximate surface area is 138 Å². The molecule has 23 heavy (non-hydrogen) atoms. The second kappa shape index (κ2) is 7.32. The van der Waals surface area contributed by atoms with Gasteiger partial charge in [0.1, 0.15) is 11.4 Å². The van der Waals surface area contributed by atoms with E-state index in [1.807, 2.05) is 45.2 Å². The predicted octanol–water partition coefficient (Wildman–Crippen LogP) is 1.85. The average molecular weight is 320 g/mol. The first kappa shape index (κ1) is 17.8. The van der Waals surface area contributed by atoms with Gasteiger partial charge >= 0.3 is 0 Å². The zero-order chi connectivity index (χ0) is 17.0. The van der Waals surface area contributed by atoms with E-state index in [0.717, 1.165) is 30.7 Å². The summed E-state index contributed by atoms with van der Waals surface area (Å²) in [6.07, 6.45) is 1.89. The Bertz CT molecular complexity index is 528. The van der Waals surface area contributed by atoms with Gasteiger partial charge in [-0.15, -0.1) is 0 Å². The van der Waals surface area contributed by atoms with Gasteiger partial charge in [0.05, 0.1) is 13.7 Å². The third-order valence-electron chi connectivity index (χ3n) is 4.93. The third kappa shape index (κ3) is 3.85. The number of nitrogens with zero attached hydrogens (tertiary/aromatic N) is 2. The van der Waals surface area contributed by atoms with Crippen molar-refractivity contribution >= 4 is 5.91 Å². The van der Waals surface area contributed by atoms with Crippen molar-refractivity contribution in [2.75, 3.05) is 33.8 Å². The first-order chi connectivity index (χ1) is 10.9. The van der Waals surface area contributed by atoms with Gasteiger partial charge in [0, 0.05) is 19.6 Å². The molecule has 2 rings (SSSR count). The number of hydrogen-bond donors (Lipinski definition) is 1. The smallest absolute Gasteiger partial charge is 0.236 e. The summed E-state index contributed by atoms with van der Waals surface area (Å²) in [6.45, 7) is 5.71. The van der Waals surface area contributed by atoms with E-state index in [4.69, 9.17) is 4.74 Å².